The molecule has 1 heterocycles. The molecule has 1 N–H and O–H groups in total. The maximum absolute atomic E-state index is 12.5. The first-order valence-electron chi connectivity index (χ1n) is 8.26. The summed E-state index contributed by atoms with van der Waals surface area (Å²) in [5.41, 5.74) is 0.318. The number of carbonyl (C=O) groups excluding carboxylic acids is 1. The smallest absolute Gasteiger partial charge is 0.410 e. The van der Waals surface area contributed by atoms with Gasteiger partial charge in [-0.1, -0.05) is 28.1 Å². The Hall–Kier alpha value is -1.12. The largest absolute Gasteiger partial charge is 0.444 e. The fourth-order valence-electron chi connectivity index (χ4n) is 2.69. The lowest BCUT2D eigenvalue weighted by Gasteiger charge is -2.28. The lowest BCUT2D eigenvalue weighted by atomic mass is 10.2. The molecule has 0 aliphatic carbocycles. The number of hydrogen-bond donors (Lipinski definition) is 1. The van der Waals surface area contributed by atoms with Crippen molar-refractivity contribution in [3.05, 3.63) is 29.8 Å². The van der Waals surface area contributed by atoms with Crippen LogP contribution in [-0.4, -0.2) is 44.1 Å². The molecule has 2 rings (SSSR count). The Balaban J connectivity index is 2.02. The second-order valence-electron chi connectivity index (χ2n) is 7.10. The molecule has 140 valence electrons. The van der Waals surface area contributed by atoms with Crippen molar-refractivity contribution in [2.24, 2.45) is 0 Å². The molecular weight excluding hydrogens is 408 g/mol. The Bertz CT molecular complexity index is 716. The van der Waals surface area contributed by atoms with Crippen molar-refractivity contribution in [1.82, 2.24) is 9.62 Å². The fraction of sp³-hybridized carbons (Fsp3) is 0.588. The molecule has 1 atom stereocenters. The molecule has 1 aromatic carbocycles. The molecule has 0 saturated carbocycles. The summed E-state index contributed by atoms with van der Waals surface area (Å²) in [7, 11) is -3.61. The molecule has 1 aromatic rings. The Labute approximate surface area is 158 Å². The van der Waals surface area contributed by atoms with E-state index in [1.807, 2.05) is 26.8 Å². The van der Waals surface area contributed by atoms with Gasteiger partial charge >= 0.3 is 6.09 Å². The molecule has 0 unspecified atom stereocenters. The Morgan fingerprint density at radius 1 is 1.40 bits per heavy atom. The van der Waals surface area contributed by atoms with E-state index in [2.05, 4.69) is 20.7 Å². The summed E-state index contributed by atoms with van der Waals surface area (Å²) in [5.74, 6) is 0. The van der Waals surface area contributed by atoms with Gasteiger partial charge in [0.25, 0.3) is 0 Å². The SMILES string of the molecule is CC(C)(C)OC(=O)N1CCC[C@@H]1CNS(=O)(=O)c1cccc(CBr)c1. The monoisotopic (exact) mass is 432 g/mol. The van der Waals surface area contributed by atoms with Crippen LogP contribution in [0.4, 0.5) is 4.79 Å². The number of sulfonamides is 1. The minimum absolute atomic E-state index is 0.181. The summed E-state index contributed by atoms with van der Waals surface area (Å²) in [4.78, 5) is 14.1. The number of alkyl halides is 1. The number of benzene rings is 1. The van der Waals surface area contributed by atoms with Gasteiger partial charge in [-0.05, 0) is 51.3 Å². The van der Waals surface area contributed by atoms with E-state index >= 15 is 0 Å². The van der Waals surface area contributed by atoms with E-state index in [-0.39, 0.29) is 17.5 Å². The van der Waals surface area contributed by atoms with E-state index in [9.17, 15) is 13.2 Å². The lowest BCUT2D eigenvalue weighted by Crippen LogP contribution is -2.45. The van der Waals surface area contributed by atoms with Gasteiger partial charge in [0.2, 0.25) is 10.0 Å². The summed E-state index contributed by atoms with van der Waals surface area (Å²) in [6, 6.07) is 6.58. The Morgan fingerprint density at radius 3 is 2.76 bits per heavy atom. The molecule has 1 aliphatic heterocycles. The van der Waals surface area contributed by atoms with E-state index in [1.54, 1.807) is 23.1 Å². The van der Waals surface area contributed by atoms with Crippen molar-refractivity contribution in [2.75, 3.05) is 13.1 Å². The molecular formula is C17H25BrN2O4S. The van der Waals surface area contributed by atoms with Gasteiger partial charge in [-0.3, -0.25) is 0 Å². The number of amides is 1. The number of carbonyl (C=O) groups is 1. The van der Waals surface area contributed by atoms with Crippen molar-refractivity contribution in [1.29, 1.82) is 0 Å². The van der Waals surface area contributed by atoms with E-state index in [0.29, 0.717) is 11.9 Å². The average Bonchev–Trinajstić information content (AvgIpc) is 3.00. The van der Waals surface area contributed by atoms with Crippen LogP contribution in [0.3, 0.4) is 0 Å². The van der Waals surface area contributed by atoms with Crippen LogP contribution >= 0.6 is 15.9 Å². The van der Waals surface area contributed by atoms with Crippen LogP contribution in [0.15, 0.2) is 29.2 Å². The van der Waals surface area contributed by atoms with Crippen LogP contribution in [0.2, 0.25) is 0 Å². The van der Waals surface area contributed by atoms with Gasteiger partial charge in [0.15, 0.2) is 0 Å². The third kappa shape index (κ3) is 5.69. The number of nitrogens with one attached hydrogen (secondary N) is 1. The molecule has 1 amide bonds. The number of ether oxygens (including phenoxy) is 1. The molecule has 0 bridgehead atoms. The summed E-state index contributed by atoms with van der Waals surface area (Å²) in [6.07, 6.45) is 1.20. The fourth-order valence-corrected chi connectivity index (χ4v) is 4.19. The van der Waals surface area contributed by atoms with Gasteiger partial charge in [0.05, 0.1) is 4.90 Å². The standard InChI is InChI=1S/C17H25BrN2O4S/c1-17(2,3)24-16(21)20-9-5-7-14(20)12-19-25(22,23)15-8-4-6-13(10-15)11-18/h4,6,8,10,14,19H,5,7,9,11-12H2,1-3H3/t14-/m1/s1. The van der Waals surface area contributed by atoms with Crippen LogP contribution in [-0.2, 0) is 20.1 Å². The molecule has 1 fully saturated rings. The summed E-state index contributed by atoms with van der Waals surface area (Å²) >= 11 is 3.33. The number of likely N-dealkylation sites (tertiary alicyclic amines) is 1. The normalized spacial score (nSPS) is 18.4. The Kier molecular flexibility index (Phi) is 6.51. The van der Waals surface area contributed by atoms with Gasteiger partial charge < -0.3 is 9.64 Å². The highest BCUT2D eigenvalue weighted by molar-refractivity contribution is 9.08. The quantitative estimate of drug-likeness (QED) is 0.724. The second kappa shape index (κ2) is 8.05. The van der Waals surface area contributed by atoms with Crippen molar-refractivity contribution in [3.63, 3.8) is 0 Å². The highest BCUT2D eigenvalue weighted by Crippen LogP contribution is 2.21. The topological polar surface area (TPSA) is 75.7 Å². The zero-order valence-corrected chi connectivity index (χ0v) is 17.2. The van der Waals surface area contributed by atoms with Crippen LogP contribution in [0, 0.1) is 0 Å². The molecule has 1 aliphatic rings. The number of rotatable bonds is 5. The first kappa shape index (κ1) is 20.2. The van der Waals surface area contributed by atoms with Crippen LogP contribution in [0.5, 0.6) is 0 Å². The van der Waals surface area contributed by atoms with Crippen molar-refractivity contribution >= 4 is 32.0 Å². The van der Waals surface area contributed by atoms with E-state index in [4.69, 9.17) is 4.74 Å². The van der Waals surface area contributed by atoms with E-state index in [1.165, 1.54) is 0 Å². The van der Waals surface area contributed by atoms with Crippen LogP contribution in [0.25, 0.3) is 0 Å². The van der Waals surface area contributed by atoms with Crippen LogP contribution in [0.1, 0.15) is 39.2 Å². The minimum Gasteiger partial charge on any atom is -0.444 e. The first-order chi connectivity index (χ1) is 11.6. The lowest BCUT2D eigenvalue weighted by molar-refractivity contribution is 0.0229. The van der Waals surface area contributed by atoms with E-state index in [0.717, 1.165) is 18.4 Å². The van der Waals surface area contributed by atoms with Gasteiger partial charge in [0, 0.05) is 24.5 Å². The molecule has 1 saturated heterocycles. The summed E-state index contributed by atoms with van der Waals surface area (Å²) < 4.78 is 33.0. The zero-order chi connectivity index (χ0) is 18.7. The third-order valence-electron chi connectivity index (χ3n) is 3.88. The molecule has 25 heavy (non-hydrogen) atoms. The van der Waals surface area contributed by atoms with Gasteiger partial charge in [-0.2, -0.15) is 0 Å². The second-order valence-corrected chi connectivity index (χ2v) is 9.43. The predicted molar refractivity (Wildman–Crippen MR) is 100 cm³/mol. The van der Waals surface area contributed by atoms with Crippen molar-refractivity contribution in [2.45, 2.75) is 55.5 Å². The predicted octanol–water partition coefficient (Wildman–Crippen LogP) is 3.26. The number of nitrogens with zero attached hydrogens (tertiary/aromatic N) is 1. The van der Waals surface area contributed by atoms with Gasteiger partial charge in [-0.15, -0.1) is 0 Å². The van der Waals surface area contributed by atoms with Crippen molar-refractivity contribution < 1.29 is 17.9 Å². The molecule has 0 radical (unpaired) electrons. The maximum atomic E-state index is 12.5. The average molecular weight is 433 g/mol. The minimum atomic E-state index is -3.61. The maximum Gasteiger partial charge on any atom is 0.410 e. The summed E-state index contributed by atoms with van der Waals surface area (Å²) in [6.45, 7) is 6.21. The molecule has 0 aromatic heterocycles. The molecule has 8 heteroatoms. The molecule has 6 nitrogen and oxygen atoms in total. The molecule has 0 spiro atoms. The number of hydrogen-bond acceptors (Lipinski definition) is 4. The highest BCUT2D eigenvalue weighted by Gasteiger charge is 2.32. The summed E-state index contributed by atoms with van der Waals surface area (Å²) in [5, 5.41) is 0.589. The third-order valence-corrected chi connectivity index (χ3v) is 5.95. The van der Waals surface area contributed by atoms with Gasteiger partial charge in [-0.25, -0.2) is 17.9 Å². The van der Waals surface area contributed by atoms with Gasteiger partial charge in [0.1, 0.15) is 5.60 Å². The van der Waals surface area contributed by atoms with E-state index < -0.39 is 21.7 Å². The number of halogens is 1. The van der Waals surface area contributed by atoms with Crippen LogP contribution < -0.4 is 4.72 Å². The van der Waals surface area contributed by atoms with Crippen molar-refractivity contribution in [3.8, 4) is 0 Å². The zero-order valence-electron chi connectivity index (χ0n) is 14.8. The highest BCUT2D eigenvalue weighted by atomic mass is 79.9. The Morgan fingerprint density at radius 2 is 2.12 bits per heavy atom. The first-order valence-corrected chi connectivity index (χ1v) is 10.9.